The molecule has 2 N–H and O–H groups in total. The van der Waals surface area contributed by atoms with Crippen LogP contribution >= 0.6 is 27.5 Å². The number of nitrogens with two attached hydrogens (primary N) is 1. The molecule has 0 bridgehead atoms. The molecular weight excluding hydrogens is 312 g/mol. The van der Waals surface area contributed by atoms with Crippen molar-refractivity contribution in [1.29, 1.82) is 0 Å². The molecule has 0 aromatic heterocycles. The minimum absolute atomic E-state index is 0.197. The van der Waals surface area contributed by atoms with Gasteiger partial charge < -0.3 is 5.73 Å². The topological polar surface area (TPSA) is 29.3 Å². The third kappa shape index (κ3) is 3.27. The zero-order valence-corrected chi connectivity index (χ0v) is 13.2. The first kappa shape index (κ1) is 14.3. The van der Waals surface area contributed by atoms with Crippen molar-refractivity contribution in [2.75, 3.05) is 20.1 Å². The molecule has 3 atom stereocenters. The average molecular weight is 332 g/mol. The summed E-state index contributed by atoms with van der Waals surface area (Å²) >= 11 is 9.79. The molecule has 1 fully saturated rings. The third-order valence-corrected chi connectivity index (χ3v) is 4.71. The van der Waals surface area contributed by atoms with Gasteiger partial charge in [0.25, 0.3) is 0 Å². The molecule has 2 nitrogen and oxygen atoms in total. The van der Waals surface area contributed by atoms with Crippen molar-refractivity contribution in [3.63, 3.8) is 0 Å². The molecule has 0 spiro atoms. The predicted octanol–water partition coefficient (Wildman–Crippen LogP) is 3.69. The van der Waals surface area contributed by atoms with E-state index in [1.54, 1.807) is 0 Å². The van der Waals surface area contributed by atoms with Gasteiger partial charge in [0, 0.05) is 28.6 Å². The van der Waals surface area contributed by atoms with E-state index in [-0.39, 0.29) is 6.04 Å². The second-order valence-electron chi connectivity index (χ2n) is 5.33. The molecule has 3 unspecified atom stereocenters. The monoisotopic (exact) mass is 330 g/mol. The Morgan fingerprint density at radius 1 is 1.56 bits per heavy atom. The van der Waals surface area contributed by atoms with E-state index in [0.717, 1.165) is 33.4 Å². The maximum atomic E-state index is 6.29. The number of halogens is 2. The average Bonchev–Trinajstić information content (AvgIpc) is 3.00. The first-order chi connectivity index (χ1) is 8.52. The fourth-order valence-electron chi connectivity index (χ4n) is 2.46. The Hall–Kier alpha value is -0.0900. The molecule has 100 valence electrons. The zero-order chi connectivity index (χ0) is 13.3. The molecular formula is C14H20BrClN2. The van der Waals surface area contributed by atoms with Crippen LogP contribution in [-0.2, 0) is 0 Å². The SMILES string of the molecule is CC1CC1CN(C)C(CN)c1cc(Br)ccc1Cl. The maximum absolute atomic E-state index is 6.29. The smallest absolute Gasteiger partial charge is 0.0482 e. The van der Waals surface area contributed by atoms with Crippen molar-refractivity contribution in [1.82, 2.24) is 4.90 Å². The van der Waals surface area contributed by atoms with E-state index in [0.29, 0.717) is 6.54 Å². The molecule has 18 heavy (non-hydrogen) atoms. The summed E-state index contributed by atoms with van der Waals surface area (Å²) < 4.78 is 1.05. The van der Waals surface area contributed by atoms with E-state index in [9.17, 15) is 0 Å². The molecule has 0 amide bonds. The van der Waals surface area contributed by atoms with Crippen LogP contribution in [0.4, 0.5) is 0 Å². The van der Waals surface area contributed by atoms with E-state index in [1.807, 2.05) is 12.1 Å². The zero-order valence-electron chi connectivity index (χ0n) is 10.9. The second-order valence-corrected chi connectivity index (χ2v) is 6.65. The Morgan fingerprint density at radius 3 is 2.78 bits per heavy atom. The van der Waals surface area contributed by atoms with E-state index >= 15 is 0 Å². The Kier molecular flexibility index (Phi) is 4.70. The summed E-state index contributed by atoms with van der Waals surface area (Å²) in [4.78, 5) is 2.34. The van der Waals surface area contributed by atoms with Gasteiger partial charge in [0.1, 0.15) is 0 Å². The molecule has 1 saturated carbocycles. The van der Waals surface area contributed by atoms with Crippen LogP contribution in [0.15, 0.2) is 22.7 Å². The molecule has 1 aromatic rings. The lowest BCUT2D eigenvalue weighted by Gasteiger charge is -2.28. The van der Waals surface area contributed by atoms with E-state index in [4.69, 9.17) is 17.3 Å². The van der Waals surface area contributed by atoms with Gasteiger partial charge in [-0.3, -0.25) is 4.90 Å². The summed E-state index contributed by atoms with van der Waals surface area (Å²) in [6, 6.07) is 6.16. The Labute approximate surface area is 123 Å². The lowest BCUT2D eigenvalue weighted by molar-refractivity contribution is 0.237. The van der Waals surface area contributed by atoms with Crippen molar-refractivity contribution in [3.05, 3.63) is 33.3 Å². The minimum Gasteiger partial charge on any atom is -0.329 e. The van der Waals surface area contributed by atoms with E-state index < -0.39 is 0 Å². The fraction of sp³-hybridized carbons (Fsp3) is 0.571. The van der Waals surface area contributed by atoms with Gasteiger partial charge in [-0.15, -0.1) is 0 Å². The summed E-state index contributed by atoms with van der Waals surface area (Å²) in [7, 11) is 2.14. The van der Waals surface area contributed by atoms with Crippen LogP contribution in [0.1, 0.15) is 24.9 Å². The van der Waals surface area contributed by atoms with Crippen molar-refractivity contribution < 1.29 is 0 Å². The van der Waals surface area contributed by atoms with Gasteiger partial charge in [-0.05, 0) is 49.1 Å². The summed E-state index contributed by atoms with van der Waals surface area (Å²) in [6.07, 6.45) is 1.34. The van der Waals surface area contributed by atoms with Crippen LogP contribution in [0.5, 0.6) is 0 Å². The molecule has 4 heteroatoms. The highest BCUT2D eigenvalue weighted by atomic mass is 79.9. The molecule has 1 aromatic carbocycles. The molecule has 2 rings (SSSR count). The van der Waals surface area contributed by atoms with Crippen LogP contribution in [0.3, 0.4) is 0 Å². The summed E-state index contributed by atoms with van der Waals surface area (Å²) in [6.45, 7) is 4.00. The van der Waals surface area contributed by atoms with Gasteiger partial charge in [0.2, 0.25) is 0 Å². The van der Waals surface area contributed by atoms with Crippen LogP contribution in [-0.4, -0.2) is 25.0 Å². The predicted molar refractivity (Wildman–Crippen MR) is 80.8 cm³/mol. The van der Waals surface area contributed by atoms with Crippen LogP contribution < -0.4 is 5.73 Å². The number of rotatable bonds is 5. The lowest BCUT2D eigenvalue weighted by atomic mass is 10.1. The van der Waals surface area contributed by atoms with E-state index in [1.165, 1.54) is 6.42 Å². The van der Waals surface area contributed by atoms with Gasteiger partial charge in [-0.25, -0.2) is 0 Å². The molecule has 0 heterocycles. The van der Waals surface area contributed by atoms with Crippen molar-refractivity contribution in [3.8, 4) is 0 Å². The van der Waals surface area contributed by atoms with Crippen LogP contribution in [0.25, 0.3) is 0 Å². The van der Waals surface area contributed by atoms with Crippen molar-refractivity contribution in [2.45, 2.75) is 19.4 Å². The number of benzene rings is 1. The highest BCUT2D eigenvalue weighted by Gasteiger charge is 2.34. The normalized spacial score (nSPS) is 24.3. The highest BCUT2D eigenvalue weighted by molar-refractivity contribution is 9.10. The molecule has 1 aliphatic carbocycles. The number of nitrogens with zero attached hydrogens (tertiary/aromatic N) is 1. The maximum Gasteiger partial charge on any atom is 0.0482 e. The van der Waals surface area contributed by atoms with E-state index in [2.05, 4.69) is 40.9 Å². The first-order valence-corrected chi connectivity index (χ1v) is 7.55. The standard InChI is InChI=1S/C14H20BrClN2/c1-9-5-10(9)8-18(2)14(7-17)12-6-11(15)3-4-13(12)16/h3-4,6,9-10,14H,5,7-8,17H2,1-2H3. The molecule has 1 aliphatic rings. The number of hydrogen-bond acceptors (Lipinski definition) is 2. The first-order valence-electron chi connectivity index (χ1n) is 6.38. The van der Waals surface area contributed by atoms with Gasteiger partial charge in [0.15, 0.2) is 0 Å². The Bertz CT molecular complexity index is 424. The minimum atomic E-state index is 0.197. The van der Waals surface area contributed by atoms with Gasteiger partial charge >= 0.3 is 0 Å². The van der Waals surface area contributed by atoms with Gasteiger partial charge in [0.05, 0.1) is 0 Å². The van der Waals surface area contributed by atoms with Crippen LogP contribution in [0.2, 0.25) is 5.02 Å². The molecule has 0 aliphatic heterocycles. The fourth-order valence-corrected chi connectivity index (χ4v) is 3.09. The quantitative estimate of drug-likeness (QED) is 0.891. The molecule has 0 saturated heterocycles. The third-order valence-electron chi connectivity index (χ3n) is 3.87. The Morgan fingerprint density at radius 2 is 2.22 bits per heavy atom. The van der Waals surface area contributed by atoms with Gasteiger partial charge in [-0.2, -0.15) is 0 Å². The largest absolute Gasteiger partial charge is 0.329 e. The van der Waals surface area contributed by atoms with Crippen molar-refractivity contribution in [2.24, 2.45) is 17.6 Å². The highest BCUT2D eigenvalue weighted by Crippen LogP contribution is 2.39. The second kappa shape index (κ2) is 5.91. The van der Waals surface area contributed by atoms with Crippen LogP contribution in [0, 0.1) is 11.8 Å². The van der Waals surface area contributed by atoms with Crippen molar-refractivity contribution >= 4 is 27.5 Å². The lowest BCUT2D eigenvalue weighted by Crippen LogP contribution is -2.32. The summed E-state index contributed by atoms with van der Waals surface area (Å²) in [5, 5.41) is 0.796. The molecule has 0 radical (unpaired) electrons. The number of likely N-dealkylation sites (N-methyl/N-ethyl adjacent to an activating group) is 1. The number of hydrogen-bond donors (Lipinski definition) is 1. The summed E-state index contributed by atoms with van der Waals surface area (Å²) in [5.41, 5.74) is 7.05. The Balaban J connectivity index is 2.13. The summed E-state index contributed by atoms with van der Waals surface area (Å²) in [5.74, 6) is 1.69. The van der Waals surface area contributed by atoms with Gasteiger partial charge in [-0.1, -0.05) is 34.5 Å².